The Balaban J connectivity index is 2.28. The van der Waals surface area contributed by atoms with Crippen molar-refractivity contribution >= 4 is 11.8 Å². The smallest absolute Gasteiger partial charge is 0.0670 e. The first-order valence-electron chi connectivity index (χ1n) is 4.80. The van der Waals surface area contributed by atoms with Gasteiger partial charge in [0.2, 0.25) is 0 Å². The van der Waals surface area contributed by atoms with E-state index in [4.69, 9.17) is 5.73 Å². The quantitative estimate of drug-likeness (QED) is 0.730. The van der Waals surface area contributed by atoms with Crippen LogP contribution in [0.3, 0.4) is 0 Å². The summed E-state index contributed by atoms with van der Waals surface area (Å²) in [5.74, 6) is 0.918. The zero-order valence-electron chi connectivity index (χ0n) is 8.44. The molecule has 1 aromatic rings. The number of aliphatic hydroxyl groups is 1. The van der Waals surface area contributed by atoms with E-state index in [1.54, 1.807) is 11.8 Å². The topological polar surface area (TPSA) is 46.2 Å². The second kappa shape index (κ2) is 6.06. The fraction of sp³-hybridized carbons (Fsp3) is 0.455. The molecule has 0 aliphatic carbocycles. The summed E-state index contributed by atoms with van der Waals surface area (Å²) in [6.45, 7) is 2.43. The zero-order chi connectivity index (χ0) is 10.4. The lowest BCUT2D eigenvalue weighted by molar-refractivity contribution is 0.180. The Labute approximate surface area is 89.5 Å². The van der Waals surface area contributed by atoms with Crippen molar-refractivity contribution in [3.05, 3.63) is 29.8 Å². The van der Waals surface area contributed by atoms with Crippen LogP contribution in [0, 0.1) is 6.92 Å². The highest BCUT2D eigenvalue weighted by Crippen LogP contribution is 2.19. The number of thioether (sulfide) groups is 1. The summed E-state index contributed by atoms with van der Waals surface area (Å²) >= 11 is 1.76. The molecule has 2 nitrogen and oxygen atoms in total. The van der Waals surface area contributed by atoms with Gasteiger partial charge in [-0.15, -0.1) is 11.8 Å². The lowest BCUT2D eigenvalue weighted by Crippen LogP contribution is -2.19. The maximum atomic E-state index is 9.24. The van der Waals surface area contributed by atoms with Crippen LogP contribution >= 0.6 is 11.8 Å². The van der Waals surface area contributed by atoms with Crippen molar-refractivity contribution in [3.63, 3.8) is 0 Å². The van der Waals surface area contributed by atoms with E-state index in [2.05, 4.69) is 31.2 Å². The van der Waals surface area contributed by atoms with E-state index in [9.17, 15) is 5.11 Å². The molecule has 0 heterocycles. The van der Waals surface area contributed by atoms with Gasteiger partial charge >= 0.3 is 0 Å². The van der Waals surface area contributed by atoms with Gasteiger partial charge in [0.25, 0.3) is 0 Å². The van der Waals surface area contributed by atoms with Crippen LogP contribution in [0.4, 0.5) is 0 Å². The Morgan fingerprint density at radius 3 is 2.57 bits per heavy atom. The fourth-order valence-corrected chi connectivity index (χ4v) is 2.02. The van der Waals surface area contributed by atoms with Crippen molar-refractivity contribution in [1.82, 2.24) is 0 Å². The van der Waals surface area contributed by atoms with Crippen LogP contribution < -0.4 is 5.73 Å². The standard InChI is InChI=1S/C11H17NOS/c1-9-2-4-11(5-3-9)14-7-6-10(13)8-12/h2-5,10,13H,6-8,12H2,1H3. The monoisotopic (exact) mass is 211 g/mol. The Bertz CT molecular complexity index is 260. The Morgan fingerprint density at radius 1 is 1.36 bits per heavy atom. The number of aryl methyl sites for hydroxylation is 1. The first-order valence-corrected chi connectivity index (χ1v) is 5.78. The summed E-state index contributed by atoms with van der Waals surface area (Å²) in [7, 11) is 0. The molecule has 1 aromatic carbocycles. The lowest BCUT2D eigenvalue weighted by atomic mass is 10.2. The molecule has 1 unspecified atom stereocenters. The first kappa shape index (κ1) is 11.6. The van der Waals surface area contributed by atoms with Crippen LogP contribution in [0.5, 0.6) is 0 Å². The van der Waals surface area contributed by atoms with Crippen LogP contribution in [0.2, 0.25) is 0 Å². The molecule has 1 atom stereocenters. The second-order valence-corrected chi connectivity index (χ2v) is 4.51. The first-order chi connectivity index (χ1) is 6.72. The summed E-state index contributed by atoms with van der Waals surface area (Å²) in [6, 6.07) is 8.41. The number of hydrogen-bond donors (Lipinski definition) is 2. The van der Waals surface area contributed by atoms with E-state index < -0.39 is 0 Å². The molecule has 0 spiro atoms. The SMILES string of the molecule is Cc1ccc(SCCC(O)CN)cc1. The van der Waals surface area contributed by atoms with Crippen LogP contribution in [0.15, 0.2) is 29.2 Å². The maximum absolute atomic E-state index is 9.24. The third kappa shape index (κ3) is 4.13. The molecule has 0 aliphatic heterocycles. The zero-order valence-corrected chi connectivity index (χ0v) is 9.26. The molecule has 0 aromatic heterocycles. The Hall–Kier alpha value is -0.510. The third-order valence-electron chi connectivity index (χ3n) is 2.01. The minimum atomic E-state index is -0.354. The molecule has 3 N–H and O–H groups in total. The highest BCUT2D eigenvalue weighted by atomic mass is 32.2. The molecule has 0 saturated carbocycles. The molecule has 78 valence electrons. The summed E-state index contributed by atoms with van der Waals surface area (Å²) in [6.07, 6.45) is 0.405. The average molecular weight is 211 g/mol. The van der Waals surface area contributed by atoms with Crippen LogP contribution in [0.1, 0.15) is 12.0 Å². The van der Waals surface area contributed by atoms with Gasteiger partial charge in [-0.2, -0.15) is 0 Å². The number of aliphatic hydroxyl groups excluding tert-OH is 1. The average Bonchev–Trinajstić information content (AvgIpc) is 2.21. The molecule has 0 aliphatic rings. The van der Waals surface area contributed by atoms with Crippen molar-refractivity contribution in [3.8, 4) is 0 Å². The number of hydrogen-bond acceptors (Lipinski definition) is 3. The van der Waals surface area contributed by atoms with E-state index in [1.807, 2.05) is 0 Å². The molecule has 14 heavy (non-hydrogen) atoms. The molecule has 0 fully saturated rings. The molecule has 0 saturated heterocycles. The van der Waals surface area contributed by atoms with Gasteiger partial charge in [-0.1, -0.05) is 17.7 Å². The molecular formula is C11H17NOS. The van der Waals surface area contributed by atoms with Gasteiger partial charge < -0.3 is 10.8 Å². The number of rotatable bonds is 5. The van der Waals surface area contributed by atoms with Crippen LogP contribution in [0.25, 0.3) is 0 Å². The van der Waals surface area contributed by atoms with E-state index in [1.165, 1.54) is 10.5 Å². The van der Waals surface area contributed by atoms with Gasteiger partial charge in [0.1, 0.15) is 0 Å². The normalized spacial score (nSPS) is 12.8. The molecule has 0 radical (unpaired) electrons. The minimum absolute atomic E-state index is 0.354. The predicted molar refractivity (Wildman–Crippen MR) is 61.6 cm³/mol. The van der Waals surface area contributed by atoms with Crippen LogP contribution in [-0.2, 0) is 0 Å². The molecule has 1 rings (SSSR count). The second-order valence-electron chi connectivity index (χ2n) is 3.34. The van der Waals surface area contributed by atoms with Gasteiger partial charge in [-0.3, -0.25) is 0 Å². The molecule has 0 amide bonds. The van der Waals surface area contributed by atoms with Crippen molar-refractivity contribution in [2.45, 2.75) is 24.3 Å². The summed E-state index contributed by atoms with van der Waals surface area (Å²) in [5.41, 5.74) is 6.59. The van der Waals surface area contributed by atoms with Gasteiger partial charge in [0.15, 0.2) is 0 Å². The highest BCUT2D eigenvalue weighted by molar-refractivity contribution is 7.99. The van der Waals surface area contributed by atoms with Crippen molar-refractivity contribution in [2.75, 3.05) is 12.3 Å². The van der Waals surface area contributed by atoms with E-state index in [0.717, 1.165) is 12.2 Å². The van der Waals surface area contributed by atoms with Crippen molar-refractivity contribution in [2.24, 2.45) is 5.73 Å². The van der Waals surface area contributed by atoms with Gasteiger partial charge in [-0.05, 0) is 25.5 Å². The molecule has 0 bridgehead atoms. The summed E-state index contributed by atoms with van der Waals surface area (Å²) < 4.78 is 0. The van der Waals surface area contributed by atoms with Crippen LogP contribution in [-0.4, -0.2) is 23.5 Å². The summed E-state index contributed by atoms with van der Waals surface area (Å²) in [4.78, 5) is 1.25. The maximum Gasteiger partial charge on any atom is 0.0670 e. The summed E-state index contributed by atoms with van der Waals surface area (Å²) in [5, 5.41) is 9.24. The van der Waals surface area contributed by atoms with Gasteiger partial charge in [0, 0.05) is 17.2 Å². The lowest BCUT2D eigenvalue weighted by Gasteiger charge is -2.06. The van der Waals surface area contributed by atoms with E-state index in [0.29, 0.717) is 6.54 Å². The fourth-order valence-electron chi connectivity index (χ4n) is 1.07. The number of nitrogens with two attached hydrogens (primary N) is 1. The Morgan fingerprint density at radius 2 is 2.00 bits per heavy atom. The highest BCUT2D eigenvalue weighted by Gasteiger charge is 2.00. The molecular weight excluding hydrogens is 194 g/mol. The largest absolute Gasteiger partial charge is 0.392 e. The van der Waals surface area contributed by atoms with E-state index >= 15 is 0 Å². The predicted octanol–water partition coefficient (Wildman–Crippen LogP) is 1.80. The van der Waals surface area contributed by atoms with Crippen molar-refractivity contribution in [1.29, 1.82) is 0 Å². The van der Waals surface area contributed by atoms with Crippen molar-refractivity contribution < 1.29 is 5.11 Å². The minimum Gasteiger partial charge on any atom is -0.392 e. The van der Waals surface area contributed by atoms with Gasteiger partial charge in [-0.25, -0.2) is 0 Å². The number of benzene rings is 1. The third-order valence-corrected chi connectivity index (χ3v) is 3.06. The van der Waals surface area contributed by atoms with E-state index in [-0.39, 0.29) is 6.10 Å². The molecule has 3 heteroatoms. The Kier molecular flexibility index (Phi) is 5.01. The van der Waals surface area contributed by atoms with Gasteiger partial charge in [0.05, 0.1) is 6.10 Å².